The van der Waals surface area contributed by atoms with E-state index in [0.29, 0.717) is 43.6 Å². The van der Waals surface area contributed by atoms with Crippen molar-refractivity contribution >= 4 is 35.6 Å². The van der Waals surface area contributed by atoms with Crippen LogP contribution in [0.1, 0.15) is 72.4 Å². The SMILES string of the molecule is CC(C)(C)OC(=O)N1CCN(c2cc(N3CCC(F)(F)C3)nc(Nc3cc(C4CC4)n(C(=O)OC(C)(C)C)n3)n2)CC1. The van der Waals surface area contributed by atoms with Gasteiger partial charge in [-0.05, 0) is 54.4 Å². The molecule has 0 unspecified atom stereocenters. The largest absolute Gasteiger partial charge is 0.444 e. The molecule has 1 saturated carbocycles. The number of piperazine rings is 1. The van der Waals surface area contributed by atoms with Crippen LogP contribution in [0.25, 0.3) is 0 Å². The molecule has 12 nitrogen and oxygen atoms in total. The van der Waals surface area contributed by atoms with Crippen molar-refractivity contribution in [3.63, 3.8) is 0 Å². The molecule has 2 aromatic heterocycles. The lowest BCUT2D eigenvalue weighted by atomic mass is 10.2. The Morgan fingerprint density at radius 2 is 1.48 bits per heavy atom. The van der Waals surface area contributed by atoms with E-state index in [2.05, 4.69) is 20.4 Å². The Bertz CT molecular complexity index is 1320. The second-order valence-electron chi connectivity index (χ2n) is 13.1. The van der Waals surface area contributed by atoms with Crippen LogP contribution in [0.5, 0.6) is 0 Å². The van der Waals surface area contributed by atoms with E-state index in [0.717, 1.165) is 18.5 Å². The number of carbonyl (C=O) groups excluding carboxylic acids is 2. The minimum absolute atomic E-state index is 0.161. The lowest BCUT2D eigenvalue weighted by molar-refractivity contribution is 0.0237. The molecule has 0 aromatic carbocycles. The third-order valence-corrected chi connectivity index (χ3v) is 6.99. The van der Waals surface area contributed by atoms with Crippen molar-refractivity contribution in [2.75, 3.05) is 54.4 Å². The summed E-state index contributed by atoms with van der Waals surface area (Å²) in [6.07, 6.45) is 0.689. The van der Waals surface area contributed by atoms with Crippen LogP contribution in [0.2, 0.25) is 0 Å². The average Bonchev–Trinajstić information content (AvgIpc) is 3.53. The van der Waals surface area contributed by atoms with Gasteiger partial charge in [-0.3, -0.25) is 0 Å². The van der Waals surface area contributed by atoms with E-state index in [4.69, 9.17) is 9.47 Å². The number of anilines is 4. The zero-order valence-electron chi connectivity index (χ0n) is 25.1. The van der Waals surface area contributed by atoms with Gasteiger partial charge in [-0.2, -0.15) is 14.6 Å². The Labute approximate surface area is 244 Å². The second-order valence-corrected chi connectivity index (χ2v) is 13.1. The Balaban J connectivity index is 1.39. The molecule has 2 saturated heterocycles. The number of nitrogens with one attached hydrogen (secondary N) is 1. The normalized spacial score (nSPS) is 19.2. The number of ether oxygens (including phenoxy) is 2. The highest BCUT2D eigenvalue weighted by Gasteiger charge is 2.39. The van der Waals surface area contributed by atoms with Crippen molar-refractivity contribution in [1.82, 2.24) is 24.6 Å². The molecule has 0 radical (unpaired) electrons. The average molecular weight is 591 g/mol. The zero-order chi connectivity index (χ0) is 30.4. The minimum atomic E-state index is -2.80. The first-order valence-electron chi connectivity index (χ1n) is 14.4. The third kappa shape index (κ3) is 7.37. The van der Waals surface area contributed by atoms with E-state index in [1.165, 1.54) is 4.68 Å². The van der Waals surface area contributed by atoms with Crippen molar-refractivity contribution in [1.29, 1.82) is 0 Å². The molecule has 3 aliphatic rings. The van der Waals surface area contributed by atoms with Gasteiger partial charge in [0.05, 0.1) is 12.2 Å². The molecule has 0 atom stereocenters. The number of halogens is 2. The summed E-state index contributed by atoms with van der Waals surface area (Å²) in [5, 5.41) is 7.54. The van der Waals surface area contributed by atoms with Crippen LogP contribution in [0.3, 0.4) is 0 Å². The molecule has 0 spiro atoms. The van der Waals surface area contributed by atoms with Gasteiger partial charge in [-0.1, -0.05) is 0 Å². The van der Waals surface area contributed by atoms with E-state index in [1.807, 2.05) is 25.7 Å². The number of rotatable bonds is 5. The Morgan fingerprint density at radius 1 is 0.881 bits per heavy atom. The number of amides is 1. The van der Waals surface area contributed by atoms with Crippen LogP contribution in [0.15, 0.2) is 12.1 Å². The van der Waals surface area contributed by atoms with E-state index in [9.17, 15) is 18.4 Å². The van der Waals surface area contributed by atoms with Crippen LogP contribution in [-0.4, -0.2) is 93.2 Å². The smallest absolute Gasteiger partial charge is 0.435 e. The molecule has 4 heterocycles. The first kappa shape index (κ1) is 29.8. The van der Waals surface area contributed by atoms with E-state index in [-0.39, 0.29) is 30.9 Å². The minimum Gasteiger partial charge on any atom is -0.444 e. The lowest BCUT2D eigenvalue weighted by Gasteiger charge is -2.36. The molecular weight excluding hydrogens is 550 g/mol. The van der Waals surface area contributed by atoms with E-state index >= 15 is 0 Å². The number of hydrogen-bond acceptors (Lipinski definition) is 10. The molecule has 14 heteroatoms. The summed E-state index contributed by atoms with van der Waals surface area (Å²) >= 11 is 0. The maximum atomic E-state index is 14.1. The molecule has 2 aromatic rings. The molecule has 2 aliphatic heterocycles. The van der Waals surface area contributed by atoms with Gasteiger partial charge in [0.15, 0.2) is 5.82 Å². The molecule has 5 rings (SSSR count). The van der Waals surface area contributed by atoms with Crippen LogP contribution in [0, 0.1) is 0 Å². The van der Waals surface area contributed by atoms with Crippen molar-refractivity contribution in [2.24, 2.45) is 0 Å². The monoisotopic (exact) mass is 590 g/mol. The first-order chi connectivity index (χ1) is 19.6. The quantitative estimate of drug-likeness (QED) is 0.511. The van der Waals surface area contributed by atoms with Gasteiger partial charge in [-0.15, -0.1) is 5.10 Å². The van der Waals surface area contributed by atoms with Gasteiger partial charge >= 0.3 is 12.2 Å². The number of nitrogens with zero attached hydrogens (tertiary/aromatic N) is 7. The molecule has 3 fully saturated rings. The van der Waals surface area contributed by atoms with Crippen molar-refractivity contribution in [3.05, 3.63) is 17.8 Å². The van der Waals surface area contributed by atoms with Gasteiger partial charge in [0.2, 0.25) is 5.95 Å². The molecular formula is C28H40F2N8O4. The molecule has 1 aliphatic carbocycles. The van der Waals surface area contributed by atoms with Crippen molar-refractivity contribution in [3.8, 4) is 0 Å². The molecule has 230 valence electrons. The van der Waals surface area contributed by atoms with Crippen LogP contribution in [0.4, 0.5) is 41.8 Å². The fraction of sp³-hybridized carbons (Fsp3) is 0.679. The molecule has 1 amide bonds. The summed E-state index contributed by atoms with van der Waals surface area (Å²) in [6, 6.07) is 3.48. The van der Waals surface area contributed by atoms with E-state index in [1.54, 1.807) is 42.7 Å². The van der Waals surface area contributed by atoms with Crippen molar-refractivity contribution < 1.29 is 27.8 Å². The highest BCUT2D eigenvalue weighted by Crippen LogP contribution is 2.41. The number of alkyl halides is 2. The summed E-state index contributed by atoms with van der Waals surface area (Å²) in [5.41, 5.74) is -0.542. The number of carbonyl (C=O) groups is 2. The predicted octanol–water partition coefficient (Wildman–Crippen LogP) is 4.98. The molecule has 1 N–H and O–H groups in total. The summed E-state index contributed by atoms with van der Waals surface area (Å²) < 4.78 is 40.6. The Kier molecular flexibility index (Phi) is 7.69. The maximum absolute atomic E-state index is 14.1. The van der Waals surface area contributed by atoms with Gasteiger partial charge < -0.3 is 29.5 Å². The second kappa shape index (κ2) is 10.8. The summed E-state index contributed by atoms with van der Waals surface area (Å²) in [5.74, 6) is -1.17. The first-order valence-corrected chi connectivity index (χ1v) is 14.4. The third-order valence-electron chi connectivity index (χ3n) is 6.99. The highest BCUT2D eigenvalue weighted by atomic mass is 19.3. The van der Waals surface area contributed by atoms with Crippen molar-refractivity contribution in [2.45, 2.75) is 83.8 Å². The molecule has 0 bridgehead atoms. The summed E-state index contributed by atoms with van der Waals surface area (Å²) in [7, 11) is 0. The number of aromatic nitrogens is 4. The summed E-state index contributed by atoms with van der Waals surface area (Å²) in [6.45, 7) is 12.4. The Morgan fingerprint density at radius 3 is 2.02 bits per heavy atom. The standard InChI is InChI=1S/C28H40F2N8O4/c1-26(2,3)41-24(39)36-13-11-35(12-14-36)21-16-22(37-10-9-28(29,30)17-37)33-23(32-21)31-20-15-19(18-7-8-18)38(34-20)25(40)42-27(4,5)6/h15-16,18H,7-14,17H2,1-6H3,(H,31,32,33,34). The predicted molar refractivity (Wildman–Crippen MR) is 153 cm³/mol. The van der Waals surface area contributed by atoms with Gasteiger partial charge in [0, 0.05) is 57.2 Å². The van der Waals surface area contributed by atoms with Gasteiger partial charge in [-0.25, -0.2) is 18.4 Å². The molecule has 42 heavy (non-hydrogen) atoms. The van der Waals surface area contributed by atoms with Gasteiger partial charge in [0.1, 0.15) is 22.8 Å². The van der Waals surface area contributed by atoms with Crippen LogP contribution < -0.4 is 15.1 Å². The Hall–Kier alpha value is -3.71. The van der Waals surface area contributed by atoms with Crippen LogP contribution >= 0.6 is 0 Å². The highest BCUT2D eigenvalue weighted by molar-refractivity contribution is 5.73. The zero-order valence-corrected chi connectivity index (χ0v) is 25.1. The summed E-state index contributed by atoms with van der Waals surface area (Å²) in [4.78, 5) is 39.8. The van der Waals surface area contributed by atoms with E-state index < -0.39 is 29.8 Å². The van der Waals surface area contributed by atoms with Gasteiger partial charge in [0.25, 0.3) is 5.92 Å². The topological polar surface area (TPSA) is 118 Å². The fourth-order valence-electron chi connectivity index (χ4n) is 4.87. The lowest BCUT2D eigenvalue weighted by Crippen LogP contribution is -2.50. The van der Waals surface area contributed by atoms with Crippen LogP contribution in [-0.2, 0) is 9.47 Å². The fourth-order valence-corrected chi connectivity index (χ4v) is 4.87. The maximum Gasteiger partial charge on any atom is 0.435 e. The number of hydrogen-bond donors (Lipinski definition) is 1.